The molecule has 0 unspecified atom stereocenters. The summed E-state index contributed by atoms with van der Waals surface area (Å²) in [5.74, 6) is 1.55. The first kappa shape index (κ1) is 13.8. The molecule has 0 radical (unpaired) electrons. The summed E-state index contributed by atoms with van der Waals surface area (Å²) >= 11 is 0. The molecule has 1 aromatic heterocycles. The van der Waals surface area contributed by atoms with Crippen LogP contribution in [-0.2, 0) is 4.74 Å². The quantitative estimate of drug-likeness (QED) is 0.793. The predicted octanol–water partition coefficient (Wildman–Crippen LogP) is 2.71. The second kappa shape index (κ2) is 6.45. The minimum Gasteiger partial charge on any atom is -0.490 e. The highest BCUT2D eigenvalue weighted by Gasteiger charge is 2.18. The van der Waals surface area contributed by atoms with Crippen LogP contribution in [0.5, 0.6) is 5.75 Å². The molecular weight excluding hydrogens is 216 g/mol. The summed E-state index contributed by atoms with van der Waals surface area (Å²) in [6.07, 6.45) is 1.75. The van der Waals surface area contributed by atoms with E-state index < -0.39 is 0 Å². The molecule has 4 heteroatoms. The normalized spacial score (nSPS) is 11.3. The van der Waals surface area contributed by atoms with E-state index >= 15 is 0 Å². The Bertz CT molecular complexity index is 340. The van der Waals surface area contributed by atoms with Crippen molar-refractivity contribution in [3.63, 3.8) is 0 Å². The molecule has 0 saturated heterocycles. The summed E-state index contributed by atoms with van der Waals surface area (Å²) < 4.78 is 11.1. The van der Waals surface area contributed by atoms with Gasteiger partial charge in [0.25, 0.3) is 0 Å². The number of rotatable bonds is 7. The van der Waals surface area contributed by atoms with Gasteiger partial charge in [-0.05, 0) is 39.8 Å². The van der Waals surface area contributed by atoms with Crippen molar-refractivity contribution in [3.05, 3.63) is 18.3 Å². The first-order valence-electron chi connectivity index (χ1n) is 6.04. The van der Waals surface area contributed by atoms with E-state index in [9.17, 15) is 0 Å². The van der Waals surface area contributed by atoms with Crippen molar-refractivity contribution in [2.75, 3.05) is 25.1 Å². The highest BCUT2D eigenvalue weighted by Crippen LogP contribution is 2.21. The van der Waals surface area contributed by atoms with Gasteiger partial charge >= 0.3 is 0 Å². The summed E-state index contributed by atoms with van der Waals surface area (Å²) in [5, 5.41) is 3.26. The van der Waals surface area contributed by atoms with Crippen LogP contribution in [-0.4, -0.2) is 30.3 Å². The Hall–Kier alpha value is -1.29. The molecule has 0 saturated carbocycles. The summed E-state index contributed by atoms with van der Waals surface area (Å²) in [6.45, 7) is 10.1. The zero-order valence-electron chi connectivity index (χ0n) is 11.1. The molecule has 1 N–H and O–H groups in total. The van der Waals surface area contributed by atoms with Crippen LogP contribution >= 0.6 is 0 Å². The number of hydrogen-bond acceptors (Lipinski definition) is 4. The summed E-state index contributed by atoms with van der Waals surface area (Å²) in [4.78, 5) is 4.27. The maximum Gasteiger partial charge on any atom is 0.168 e. The third-order valence-electron chi connectivity index (χ3n) is 2.29. The molecular formula is C13H22N2O2. The monoisotopic (exact) mass is 238 g/mol. The molecule has 96 valence electrons. The number of hydrogen-bond donors (Lipinski definition) is 1. The van der Waals surface area contributed by atoms with Gasteiger partial charge in [-0.2, -0.15) is 0 Å². The maximum atomic E-state index is 5.62. The SMILES string of the molecule is CCOc1cccnc1NCC(C)(C)OCC. The molecule has 0 atom stereocenters. The van der Waals surface area contributed by atoms with Crippen molar-refractivity contribution in [3.8, 4) is 5.75 Å². The fraction of sp³-hybridized carbons (Fsp3) is 0.615. The lowest BCUT2D eigenvalue weighted by molar-refractivity contribution is 0.000615. The average molecular weight is 238 g/mol. The zero-order chi connectivity index (χ0) is 12.7. The Morgan fingerprint density at radius 3 is 2.71 bits per heavy atom. The molecule has 0 aliphatic carbocycles. The van der Waals surface area contributed by atoms with Gasteiger partial charge in [-0.15, -0.1) is 0 Å². The summed E-state index contributed by atoms with van der Waals surface area (Å²) in [7, 11) is 0. The lowest BCUT2D eigenvalue weighted by Crippen LogP contribution is -2.33. The Labute approximate surface area is 103 Å². The fourth-order valence-electron chi connectivity index (χ4n) is 1.53. The molecule has 0 aliphatic heterocycles. The van der Waals surface area contributed by atoms with E-state index in [1.165, 1.54) is 0 Å². The van der Waals surface area contributed by atoms with E-state index in [0.717, 1.165) is 11.6 Å². The molecule has 1 heterocycles. The van der Waals surface area contributed by atoms with Crippen LogP contribution < -0.4 is 10.1 Å². The lowest BCUT2D eigenvalue weighted by atomic mass is 10.1. The van der Waals surface area contributed by atoms with Gasteiger partial charge in [0.05, 0.1) is 12.2 Å². The first-order chi connectivity index (χ1) is 8.09. The van der Waals surface area contributed by atoms with Gasteiger partial charge in [-0.3, -0.25) is 0 Å². The molecule has 0 aliphatic rings. The van der Waals surface area contributed by atoms with Gasteiger partial charge in [0.15, 0.2) is 11.6 Å². The van der Waals surface area contributed by atoms with E-state index in [2.05, 4.69) is 10.3 Å². The second-order valence-corrected chi connectivity index (χ2v) is 4.33. The molecule has 0 aromatic carbocycles. The molecule has 0 amide bonds. The number of anilines is 1. The van der Waals surface area contributed by atoms with E-state index in [1.54, 1.807) is 6.20 Å². The molecule has 17 heavy (non-hydrogen) atoms. The number of nitrogens with one attached hydrogen (secondary N) is 1. The van der Waals surface area contributed by atoms with Crippen molar-refractivity contribution in [2.45, 2.75) is 33.3 Å². The Morgan fingerprint density at radius 2 is 2.06 bits per heavy atom. The van der Waals surface area contributed by atoms with Gasteiger partial charge < -0.3 is 14.8 Å². The zero-order valence-corrected chi connectivity index (χ0v) is 11.1. The molecule has 1 aromatic rings. The van der Waals surface area contributed by atoms with Crippen LogP contribution in [0.25, 0.3) is 0 Å². The number of pyridine rings is 1. The summed E-state index contributed by atoms with van der Waals surface area (Å²) in [6, 6.07) is 3.77. The first-order valence-corrected chi connectivity index (χ1v) is 6.04. The molecule has 1 rings (SSSR count). The number of nitrogens with zero attached hydrogens (tertiary/aromatic N) is 1. The van der Waals surface area contributed by atoms with Gasteiger partial charge in [-0.1, -0.05) is 0 Å². The Kier molecular flexibility index (Phi) is 5.22. The second-order valence-electron chi connectivity index (χ2n) is 4.33. The predicted molar refractivity (Wildman–Crippen MR) is 69.6 cm³/mol. The highest BCUT2D eigenvalue weighted by molar-refractivity contribution is 5.49. The average Bonchev–Trinajstić information content (AvgIpc) is 2.28. The highest BCUT2D eigenvalue weighted by atomic mass is 16.5. The Balaban J connectivity index is 2.62. The van der Waals surface area contributed by atoms with Gasteiger partial charge in [0, 0.05) is 19.3 Å². The smallest absolute Gasteiger partial charge is 0.168 e. The molecule has 0 fully saturated rings. The number of aromatic nitrogens is 1. The third kappa shape index (κ3) is 4.61. The van der Waals surface area contributed by atoms with E-state index in [1.807, 2.05) is 39.8 Å². The van der Waals surface area contributed by atoms with Gasteiger partial charge in [0.1, 0.15) is 0 Å². The van der Waals surface area contributed by atoms with E-state index in [4.69, 9.17) is 9.47 Å². The largest absolute Gasteiger partial charge is 0.490 e. The maximum absolute atomic E-state index is 5.62. The van der Waals surface area contributed by atoms with Crippen molar-refractivity contribution >= 4 is 5.82 Å². The standard InChI is InChI=1S/C13H22N2O2/c1-5-16-11-8-7-9-14-12(11)15-10-13(3,4)17-6-2/h7-9H,5-6,10H2,1-4H3,(H,14,15). The van der Waals surface area contributed by atoms with Crippen molar-refractivity contribution in [1.29, 1.82) is 0 Å². The lowest BCUT2D eigenvalue weighted by Gasteiger charge is -2.25. The van der Waals surface area contributed by atoms with Gasteiger partial charge in [-0.25, -0.2) is 4.98 Å². The molecule has 4 nitrogen and oxygen atoms in total. The third-order valence-corrected chi connectivity index (χ3v) is 2.29. The Morgan fingerprint density at radius 1 is 1.29 bits per heavy atom. The van der Waals surface area contributed by atoms with Crippen molar-refractivity contribution in [1.82, 2.24) is 4.98 Å². The van der Waals surface area contributed by atoms with E-state index in [-0.39, 0.29) is 5.60 Å². The number of ether oxygens (including phenoxy) is 2. The van der Waals surface area contributed by atoms with Crippen LogP contribution in [0.1, 0.15) is 27.7 Å². The fourth-order valence-corrected chi connectivity index (χ4v) is 1.53. The van der Waals surface area contributed by atoms with Crippen LogP contribution in [0.15, 0.2) is 18.3 Å². The topological polar surface area (TPSA) is 43.4 Å². The minimum atomic E-state index is -0.213. The molecule has 0 spiro atoms. The van der Waals surface area contributed by atoms with Crippen LogP contribution in [0.2, 0.25) is 0 Å². The summed E-state index contributed by atoms with van der Waals surface area (Å²) in [5.41, 5.74) is -0.213. The van der Waals surface area contributed by atoms with Gasteiger partial charge in [0.2, 0.25) is 0 Å². The van der Waals surface area contributed by atoms with Crippen molar-refractivity contribution in [2.24, 2.45) is 0 Å². The van der Waals surface area contributed by atoms with Crippen LogP contribution in [0.3, 0.4) is 0 Å². The van der Waals surface area contributed by atoms with E-state index in [0.29, 0.717) is 19.8 Å². The van der Waals surface area contributed by atoms with Crippen LogP contribution in [0.4, 0.5) is 5.82 Å². The van der Waals surface area contributed by atoms with Crippen LogP contribution in [0, 0.1) is 0 Å². The minimum absolute atomic E-state index is 0.213. The molecule has 0 bridgehead atoms. The van der Waals surface area contributed by atoms with Crippen molar-refractivity contribution < 1.29 is 9.47 Å².